The highest BCUT2D eigenvalue weighted by Crippen LogP contribution is 2.31. The summed E-state index contributed by atoms with van der Waals surface area (Å²) in [6.45, 7) is 10.8. The molecule has 0 aliphatic rings. The summed E-state index contributed by atoms with van der Waals surface area (Å²) in [5, 5.41) is 10.3. The molecule has 0 spiro atoms. The molecule has 0 fully saturated rings. The van der Waals surface area contributed by atoms with Crippen LogP contribution in [0.2, 0.25) is 0 Å². The first-order valence-electron chi connectivity index (χ1n) is 11.6. The van der Waals surface area contributed by atoms with Gasteiger partial charge in [-0.1, -0.05) is 12.1 Å². The van der Waals surface area contributed by atoms with E-state index in [2.05, 4.69) is 20.7 Å². The van der Waals surface area contributed by atoms with Gasteiger partial charge in [-0.25, -0.2) is 9.37 Å². The summed E-state index contributed by atoms with van der Waals surface area (Å²) in [5.41, 5.74) is 5.04. The molecule has 35 heavy (non-hydrogen) atoms. The van der Waals surface area contributed by atoms with Gasteiger partial charge in [0.25, 0.3) is 5.91 Å². The minimum atomic E-state index is -0.399. The van der Waals surface area contributed by atoms with Crippen molar-refractivity contribution in [3.8, 4) is 11.4 Å². The predicted octanol–water partition coefficient (Wildman–Crippen LogP) is 4.58. The summed E-state index contributed by atoms with van der Waals surface area (Å²) < 4.78 is 18.4. The van der Waals surface area contributed by atoms with Crippen molar-refractivity contribution in [2.45, 2.75) is 54.3 Å². The van der Waals surface area contributed by atoms with Gasteiger partial charge in [0.05, 0.1) is 27.9 Å². The molecule has 182 valence electrons. The van der Waals surface area contributed by atoms with Crippen LogP contribution < -0.4 is 10.6 Å². The van der Waals surface area contributed by atoms with Gasteiger partial charge in [-0.2, -0.15) is 5.10 Å². The van der Waals surface area contributed by atoms with Crippen LogP contribution in [0.25, 0.3) is 22.4 Å². The van der Waals surface area contributed by atoms with Crippen molar-refractivity contribution < 1.29 is 14.0 Å². The second-order valence-corrected chi connectivity index (χ2v) is 8.38. The summed E-state index contributed by atoms with van der Waals surface area (Å²) in [6, 6.07) is 9.74. The van der Waals surface area contributed by atoms with Crippen LogP contribution in [0.4, 0.5) is 10.1 Å². The molecule has 0 radical (unpaired) electrons. The number of benzene rings is 2. The highest BCUT2D eigenvalue weighted by Gasteiger charge is 2.22. The number of rotatable bonds is 7. The van der Waals surface area contributed by atoms with Crippen molar-refractivity contribution in [1.82, 2.24) is 24.6 Å². The van der Waals surface area contributed by atoms with E-state index < -0.39 is 5.82 Å². The Morgan fingerprint density at radius 2 is 1.83 bits per heavy atom. The van der Waals surface area contributed by atoms with E-state index in [1.807, 2.05) is 36.9 Å². The summed E-state index contributed by atoms with van der Waals surface area (Å²) >= 11 is 0. The maximum absolute atomic E-state index is 14.6. The maximum atomic E-state index is 14.6. The van der Waals surface area contributed by atoms with Crippen molar-refractivity contribution in [2.75, 3.05) is 5.32 Å². The number of amides is 2. The maximum Gasteiger partial charge on any atom is 0.253 e. The van der Waals surface area contributed by atoms with Gasteiger partial charge in [0, 0.05) is 43.5 Å². The number of carbonyl (C=O) groups is 2. The number of fused-ring (bicyclic) bond motifs is 1. The first-order valence-corrected chi connectivity index (χ1v) is 11.6. The van der Waals surface area contributed by atoms with Gasteiger partial charge < -0.3 is 15.2 Å². The molecule has 8 nitrogen and oxygen atoms in total. The normalized spacial score (nSPS) is 11.1. The molecule has 9 heteroatoms. The number of halogens is 1. The molecule has 2 aromatic heterocycles. The second kappa shape index (κ2) is 9.69. The topological polar surface area (TPSA) is 93.8 Å². The predicted molar refractivity (Wildman–Crippen MR) is 134 cm³/mol. The Kier molecular flexibility index (Phi) is 6.68. The van der Waals surface area contributed by atoms with Crippen molar-refractivity contribution in [3.05, 3.63) is 64.7 Å². The van der Waals surface area contributed by atoms with E-state index in [4.69, 9.17) is 0 Å². The Balaban J connectivity index is 1.82. The molecular weight excluding hydrogens is 447 g/mol. The van der Waals surface area contributed by atoms with Crippen LogP contribution in [0.15, 0.2) is 36.4 Å². The molecule has 0 atom stereocenters. The minimum Gasteiger partial charge on any atom is -0.348 e. The number of hydrogen-bond acceptors (Lipinski definition) is 4. The number of aryl methyl sites for hydroxylation is 3. The van der Waals surface area contributed by atoms with Gasteiger partial charge in [0.15, 0.2) is 0 Å². The van der Waals surface area contributed by atoms with Gasteiger partial charge in [-0.05, 0) is 52.0 Å². The number of nitrogens with one attached hydrogen (secondary N) is 2. The average molecular weight is 477 g/mol. The molecule has 0 unspecified atom stereocenters. The fraction of sp³-hybridized carbons (Fsp3) is 0.308. The number of hydrogen-bond donors (Lipinski definition) is 2. The first kappa shape index (κ1) is 24.1. The number of anilines is 1. The van der Waals surface area contributed by atoms with E-state index in [-0.39, 0.29) is 11.8 Å². The van der Waals surface area contributed by atoms with Gasteiger partial charge in [-0.15, -0.1) is 0 Å². The molecule has 0 saturated carbocycles. The van der Waals surface area contributed by atoms with E-state index in [1.165, 1.54) is 13.0 Å². The largest absolute Gasteiger partial charge is 0.348 e. The van der Waals surface area contributed by atoms with Crippen LogP contribution in [0.1, 0.15) is 48.1 Å². The summed E-state index contributed by atoms with van der Waals surface area (Å²) in [7, 11) is 0. The van der Waals surface area contributed by atoms with Gasteiger partial charge in [-0.3, -0.25) is 14.3 Å². The third-order valence-corrected chi connectivity index (χ3v) is 6.09. The van der Waals surface area contributed by atoms with E-state index in [9.17, 15) is 14.0 Å². The lowest BCUT2D eigenvalue weighted by molar-refractivity contribution is -0.114. The lowest BCUT2D eigenvalue weighted by Crippen LogP contribution is -2.24. The molecule has 4 aromatic rings. The van der Waals surface area contributed by atoms with Crippen LogP contribution in [0.3, 0.4) is 0 Å². The van der Waals surface area contributed by atoms with Crippen LogP contribution in [0.5, 0.6) is 0 Å². The van der Waals surface area contributed by atoms with Crippen molar-refractivity contribution in [3.63, 3.8) is 0 Å². The monoisotopic (exact) mass is 476 g/mol. The van der Waals surface area contributed by atoms with E-state index in [0.717, 1.165) is 23.5 Å². The summed E-state index contributed by atoms with van der Waals surface area (Å²) in [6.07, 6.45) is 0. The smallest absolute Gasteiger partial charge is 0.253 e. The Morgan fingerprint density at radius 1 is 1.09 bits per heavy atom. The standard InChI is InChI=1S/C26H29FN6O2/c1-6-32-24-20(26(35)28-14-21-15(3)31-33(7-2)16(21)4)12-18(29-17(5)34)13-23(24)30-25(32)19-10-8-9-11-22(19)27/h8-13H,6-7,14H2,1-5H3,(H,28,35)(H,29,34). The van der Waals surface area contributed by atoms with Crippen LogP contribution in [0, 0.1) is 19.7 Å². The molecule has 0 aliphatic carbocycles. The number of aromatic nitrogens is 4. The lowest BCUT2D eigenvalue weighted by Gasteiger charge is -2.12. The zero-order valence-corrected chi connectivity index (χ0v) is 20.6. The summed E-state index contributed by atoms with van der Waals surface area (Å²) in [4.78, 5) is 29.9. The fourth-order valence-corrected chi connectivity index (χ4v) is 4.43. The third kappa shape index (κ3) is 4.53. The van der Waals surface area contributed by atoms with Gasteiger partial charge >= 0.3 is 0 Å². The second-order valence-electron chi connectivity index (χ2n) is 8.38. The van der Waals surface area contributed by atoms with E-state index in [0.29, 0.717) is 46.8 Å². The van der Waals surface area contributed by atoms with Crippen LogP contribution in [-0.4, -0.2) is 31.1 Å². The molecule has 2 amide bonds. The molecule has 2 aromatic carbocycles. The number of nitrogens with zero attached hydrogens (tertiary/aromatic N) is 4. The zero-order valence-electron chi connectivity index (χ0n) is 20.6. The molecular formula is C26H29FN6O2. The average Bonchev–Trinajstić information content (AvgIpc) is 3.32. The summed E-state index contributed by atoms with van der Waals surface area (Å²) in [5.74, 6) is -0.562. The first-order chi connectivity index (χ1) is 16.7. The minimum absolute atomic E-state index is 0.266. The van der Waals surface area contributed by atoms with Crippen molar-refractivity contribution >= 4 is 28.5 Å². The van der Waals surface area contributed by atoms with E-state index >= 15 is 0 Å². The van der Waals surface area contributed by atoms with Gasteiger partial charge in [0.2, 0.25) is 5.91 Å². The Morgan fingerprint density at radius 3 is 2.46 bits per heavy atom. The molecule has 0 aliphatic heterocycles. The number of imidazole rings is 1. The van der Waals surface area contributed by atoms with Gasteiger partial charge in [0.1, 0.15) is 11.6 Å². The molecule has 2 heterocycles. The highest BCUT2D eigenvalue weighted by molar-refractivity contribution is 6.08. The molecule has 0 bridgehead atoms. The van der Waals surface area contributed by atoms with Crippen molar-refractivity contribution in [2.24, 2.45) is 0 Å². The number of carbonyl (C=O) groups excluding carboxylic acids is 2. The Bertz CT molecular complexity index is 1440. The third-order valence-electron chi connectivity index (χ3n) is 6.09. The lowest BCUT2D eigenvalue weighted by atomic mass is 10.1. The van der Waals surface area contributed by atoms with Crippen molar-refractivity contribution in [1.29, 1.82) is 0 Å². The molecule has 4 rings (SSSR count). The Labute approximate surface area is 203 Å². The quantitative estimate of drug-likeness (QED) is 0.408. The molecule has 2 N–H and O–H groups in total. The zero-order chi connectivity index (χ0) is 25.3. The van der Waals surface area contributed by atoms with Crippen LogP contribution in [-0.2, 0) is 24.4 Å². The van der Waals surface area contributed by atoms with Crippen LogP contribution >= 0.6 is 0 Å². The SMILES string of the molecule is CCn1nc(C)c(CNC(=O)c2cc(NC(C)=O)cc3nc(-c4ccccc4F)n(CC)c23)c1C. The fourth-order valence-electron chi connectivity index (χ4n) is 4.43. The highest BCUT2D eigenvalue weighted by atomic mass is 19.1. The Hall–Kier alpha value is -4.01. The molecule has 0 saturated heterocycles. The van der Waals surface area contributed by atoms with E-state index in [1.54, 1.807) is 30.3 Å².